The molecule has 0 spiro atoms. The van der Waals surface area contributed by atoms with Gasteiger partial charge in [0.15, 0.2) is 0 Å². The van der Waals surface area contributed by atoms with Gasteiger partial charge in [-0.1, -0.05) is 26.0 Å². The molecule has 0 bridgehead atoms. The van der Waals surface area contributed by atoms with Crippen molar-refractivity contribution in [3.63, 3.8) is 0 Å². The molecule has 2 heteroatoms. The molecule has 1 aromatic rings. The number of hydrogen-bond acceptors (Lipinski definition) is 2. The number of aryl methyl sites for hydroxylation is 1. The van der Waals surface area contributed by atoms with E-state index in [2.05, 4.69) is 32.9 Å². The minimum atomic E-state index is 0.148. The van der Waals surface area contributed by atoms with Gasteiger partial charge in [0.1, 0.15) is 0 Å². The first-order chi connectivity index (χ1) is 7.04. The van der Waals surface area contributed by atoms with Gasteiger partial charge in [-0.2, -0.15) is 0 Å². The van der Waals surface area contributed by atoms with E-state index in [-0.39, 0.29) is 12.0 Å². The highest BCUT2D eigenvalue weighted by Gasteiger charge is 2.28. The fourth-order valence-electron chi connectivity index (χ4n) is 2.18. The molecule has 15 heavy (non-hydrogen) atoms. The molecular weight excluding hydrogens is 204 g/mol. The van der Waals surface area contributed by atoms with Crippen LogP contribution in [0.3, 0.4) is 0 Å². The fraction of sp³-hybridized carbons (Fsp3) is 0.538. The topological polar surface area (TPSA) is 20.2 Å². The molecule has 0 saturated heterocycles. The van der Waals surface area contributed by atoms with E-state index in [0.29, 0.717) is 0 Å². The van der Waals surface area contributed by atoms with Crippen molar-refractivity contribution in [2.45, 2.75) is 44.1 Å². The third-order valence-electron chi connectivity index (χ3n) is 3.22. The van der Waals surface area contributed by atoms with Crippen LogP contribution >= 0.6 is 11.8 Å². The molecule has 0 aromatic heterocycles. The lowest BCUT2D eigenvalue weighted by molar-refractivity contribution is 0.281. The van der Waals surface area contributed by atoms with Gasteiger partial charge in [-0.3, -0.25) is 0 Å². The Kier molecular flexibility index (Phi) is 2.82. The summed E-state index contributed by atoms with van der Waals surface area (Å²) < 4.78 is 0. The van der Waals surface area contributed by atoms with Crippen LogP contribution in [0.5, 0.6) is 0 Å². The number of thioether (sulfide) groups is 1. The van der Waals surface area contributed by atoms with Gasteiger partial charge in [-0.05, 0) is 41.2 Å². The van der Waals surface area contributed by atoms with Gasteiger partial charge in [0.05, 0.1) is 6.61 Å². The van der Waals surface area contributed by atoms with Crippen molar-refractivity contribution in [1.29, 1.82) is 0 Å². The predicted molar refractivity (Wildman–Crippen MR) is 65.5 cm³/mol. The molecule has 0 radical (unpaired) electrons. The summed E-state index contributed by atoms with van der Waals surface area (Å²) in [5, 5.41) is 9.23. The van der Waals surface area contributed by atoms with Gasteiger partial charge >= 0.3 is 0 Å². The molecule has 0 fully saturated rings. The highest BCUT2D eigenvalue weighted by atomic mass is 32.2. The number of benzene rings is 1. The first-order valence-electron chi connectivity index (χ1n) is 5.42. The summed E-state index contributed by atoms with van der Waals surface area (Å²) >= 11 is 1.96. The molecule has 1 heterocycles. The maximum atomic E-state index is 9.23. The second kappa shape index (κ2) is 3.84. The highest BCUT2D eigenvalue weighted by Crippen LogP contribution is 2.43. The summed E-state index contributed by atoms with van der Waals surface area (Å²) in [6, 6.07) is 4.28. The number of aliphatic hydroxyl groups is 1. The Bertz CT molecular complexity index is 382. The molecule has 1 aliphatic rings. The SMILES string of the molecule is Cc1cc(CO)cc2c1SCCC2(C)C. The van der Waals surface area contributed by atoms with E-state index in [1.165, 1.54) is 28.2 Å². The first kappa shape index (κ1) is 11.0. The van der Waals surface area contributed by atoms with Gasteiger partial charge in [-0.15, -0.1) is 11.8 Å². The lowest BCUT2D eigenvalue weighted by Gasteiger charge is -2.33. The molecule has 0 aliphatic carbocycles. The van der Waals surface area contributed by atoms with Gasteiger partial charge in [-0.25, -0.2) is 0 Å². The molecule has 82 valence electrons. The molecule has 0 atom stereocenters. The largest absolute Gasteiger partial charge is 0.392 e. The van der Waals surface area contributed by atoms with Crippen molar-refractivity contribution < 1.29 is 5.11 Å². The summed E-state index contributed by atoms with van der Waals surface area (Å²) in [6.45, 7) is 6.89. The smallest absolute Gasteiger partial charge is 0.0682 e. The zero-order chi connectivity index (χ0) is 11.1. The van der Waals surface area contributed by atoms with E-state index in [4.69, 9.17) is 0 Å². The van der Waals surface area contributed by atoms with Crippen LogP contribution in [-0.4, -0.2) is 10.9 Å². The van der Waals surface area contributed by atoms with Gasteiger partial charge in [0, 0.05) is 4.90 Å². The van der Waals surface area contributed by atoms with E-state index in [1.54, 1.807) is 0 Å². The van der Waals surface area contributed by atoms with Crippen molar-refractivity contribution in [2.75, 3.05) is 5.75 Å². The summed E-state index contributed by atoms with van der Waals surface area (Å²) in [5.41, 5.74) is 4.04. The Labute approximate surface area is 95.9 Å². The number of aliphatic hydroxyl groups excluding tert-OH is 1. The molecular formula is C13H18OS. The van der Waals surface area contributed by atoms with Crippen LogP contribution < -0.4 is 0 Å². The Morgan fingerprint density at radius 2 is 2.13 bits per heavy atom. The van der Waals surface area contributed by atoms with Crippen molar-refractivity contribution in [2.24, 2.45) is 0 Å². The summed E-state index contributed by atoms with van der Waals surface area (Å²) in [5.74, 6) is 1.21. The van der Waals surface area contributed by atoms with Crippen LogP contribution in [0.2, 0.25) is 0 Å². The fourth-order valence-corrected chi connectivity index (χ4v) is 3.77. The second-order valence-corrected chi connectivity index (χ2v) is 6.04. The average molecular weight is 222 g/mol. The van der Waals surface area contributed by atoms with Crippen LogP contribution in [0.15, 0.2) is 17.0 Å². The third kappa shape index (κ3) is 1.93. The van der Waals surface area contributed by atoms with E-state index < -0.39 is 0 Å². The number of hydrogen-bond donors (Lipinski definition) is 1. The minimum absolute atomic E-state index is 0.148. The predicted octanol–water partition coefficient (Wildman–Crippen LogP) is 3.26. The van der Waals surface area contributed by atoms with E-state index in [1.807, 2.05) is 11.8 Å². The molecule has 0 amide bonds. The maximum absolute atomic E-state index is 9.23. The average Bonchev–Trinajstić information content (AvgIpc) is 2.18. The molecule has 1 aliphatic heterocycles. The van der Waals surface area contributed by atoms with Crippen LogP contribution in [0, 0.1) is 6.92 Å². The lowest BCUT2D eigenvalue weighted by Crippen LogP contribution is -2.23. The standard InChI is InChI=1S/C13H18OS/c1-9-6-10(8-14)7-11-12(9)15-5-4-13(11,2)3/h6-7,14H,4-5,8H2,1-3H3. The Morgan fingerprint density at radius 1 is 1.40 bits per heavy atom. The Hall–Kier alpha value is -0.470. The van der Waals surface area contributed by atoms with Crippen molar-refractivity contribution in [1.82, 2.24) is 0 Å². The maximum Gasteiger partial charge on any atom is 0.0682 e. The quantitative estimate of drug-likeness (QED) is 0.787. The van der Waals surface area contributed by atoms with Crippen LogP contribution in [-0.2, 0) is 12.0 Å². The van der Waals surface area contributed by atoms with E-state index >= 15 is 0 Å². The molecule has 0 unspecified atom stereocenters. The molecule has 1 N–H and O–H groups in total. The van der Waals surface area contributed by atoms with Crippen LogP contribution in [0.1, 0.15) is 37.0 Å². The van der Waals surface area contributed by atoms with Gasteiger partial charge in [0.2, 0.25) is 0 Å². The Balaban J connectivity index is 2.59. The van der Waals surface area contributed by atoms with Gasteiger partial charge in [0.25, 0.3) is 0 Å². The van der Waals surface area contributed by atoms with Crippen molar-refractivity contribution >= 4 is 11.8 Å². The zero-order valence-corrected chi connectivity index (χ0v) is 10.4. The second-order valence-electron chi connectivity index (χ2n) is 4.93. The van der Waals surface area contributed by atoms with Crippen molar-refractivity contribution in [3.8, 4) is 0 Å². The van der Waals surface area contributed by atoms with E-state index in [9.17, 15) is 5.11 Å². The summed E-state index contributed by atoms with van der Waals surface area (Å²) in [6.07, 6.45) is 1.22. The van der Waals surface area contributed by atoms with E-state index in [0.717, 1.165) is 5.56 Å². The summed E-state index contributed by atoms with van der Waals surface area (Å²) in [4.78, 5) is 1.43. The highest BCUT2D eigenvalue weighted by molar-refractivity contribution is 7.99. The zero-order valence-electron chi connectivity index (χ0n) is 9.63. The van der Waals surface area contributed by atoms with Crippen LogP contribution in [0.25, 0.3) is 0 Å². The monoisotopic (exact) mass is 222 g/mol. The van der Waals surface area contributed by atoms with Crippen LogP contribution in [0.4, 0.5) is 0 Å². The van der Waals surface area contributed by atoms with Crippen molar-refractivity contribution in [3.05, 3.63) is 28.8 Å². The molecule has 1 nitrogen and oxygen atoms in total. The normalized spacial score (nSPS) is 18.7. The Morgan fingerprint density at radius 3 is 2.80 bits per heavy atom. The molecule has 0 saturated carbocycles. The molecule has 2 rings (SSSR count). The lowest BCUT2D eigenvalue weighted by atomic mass is 9.80. The molecule has 1 aromatic carbocycles. The summed E-state index contributed by atoms with van der Waals surface area (Å²) in [7, 11) is 0. The number of fused-ring (bicyclic) bond motifs is 1. The minimum Gasteiger partial charge on any atom is -0.392 e. The first-order valence-corrected chi connectivity index (χ1v) is 6.41. The third-order valence-corrected chi connectivity index (χ3v) is 4.46. The number of rotatable bonds is 1. The van der Waals surface area contributed by atoms with Gasteiger partial charge < -0.3 is 5.11 Å².